The molecule has 2 rings (SSSR count). The Labute approximate surface area is 166 Å². The normalized spacial score (nSPS) is 28.4. The summed E-state index contributed by atoms with van der Waals surface area (Å²) in [5.74, 6) is -0.607. The van der Waals surface area contributed by atoms with Crippen LogP contribution < -0.4 is 16.3 Å². The Hall–Kier alpha value is -1.95. The molecule has 2 heterocycles. The first-order chi connectivity index (χ1) is 13.4. The summed E-state index contributed by atoms with van der Waals surface area (Å²) in [5.41, 5.74) is -3.36. The second kappa shape index (κ2) is 9.24. The van der Waals surface area contributed by atoms with Crippen molar-refractivity contribution < 1.29 is 33.6 Å². The van der Waals surface area contributed by atoms with E-state index < -0.39 is 62.1 Å². The van der Waals surface area contributed by atoms with Gasteiger partial charge >= 0.3 is 19.8 Å². The minimum Gasteiger partial charge on any atom is -0.462 e. The number of esters is 1. The van der Waals surface area contributed by atoms with Crippen LogP contribution in [-0.2, 0) is 23.4 Å². The maximum Gasteiger partial charge on any atom is 0.613 e. The summed E-state index contributed by atoms with van der Waals surface area (Å²) in [6.45, 7) is 5.65. The van der Waals surface area contributed by atoms with Gasteiger partial charge in [-0.05, 0) is 32.3 Å². The summed E-state index contributed by atoms with van der Waals surface area (Å²) in [6.07, 6.45) is -3.14. The third kappa shape index (κ3) is 5.56. The second-order valence-corrected chi connectivity index (χ2v) is 8.13. The highest BCUT2D eigenvalue weighted by Gasteiger charge is 2.54. The van der Waals surface area contributed by atoms with Crippen LogP contribution in [0, 0.1) is 0 Å². The molecule has 1 unspecified atom stereocenters. The second-order valence-electron chi connectivity index (χ2n) is 7.10. The van der Waals surface area contributed by atoms with Crippen LogP contribution in [0.5, 0.6) is 0 Å². The van der Waals surface area contributed by atoms with Crippen LogP contribution in [0.1, 0.15) is 33.9 Å². The zero-order chi connectivity index (χ0) is 21.9. The van der Waals surface area contributed by atoms with Gasteiger partial charge in [0.25, 0.3) is 5.56 Å². The van der Waals surface area contributed by atoms with Gasteiger partial charge in [-0.3, -0.25) is 19.1 Å². The highest BCUT2D eigenvalue weighted by molar-refractivity contribution is 7.36. The number of aliphatic hydroxyl groups is 2. The van der Waals surface area contributed by atoms with Gasteiger partial charge in [-0.1, -0.05) is 5.09 Å². The molecule has 29 heavy (non-hydrogen) atoms. The first-order valence-electron chi connectivity index (χ1n) is 8.87. The van der Waals surface area contributed by atoms with E-state index in [0.717, 1.165) is 16.8 Å². The lowest BCUT2D eigenvalue weighted by molar-refractivity contribution is -0.149. The monoisotopic (exact) mass is 434 g/mol. The van der Waals surface area contributed by atoms with Crippen molar-refractivity contribution in [3.8, 4) is 0 Å². The predicted octanol–water partition coefficient (Wildman–Crippen LogP) is -0.850. The van der Waals surface area contributed by atoms with Gasteiger partial charge in [-0.2, -0.15) is 0 Å². The summed E-state index contributed by atoms with van der Waals surface area (Å²) in [4.78, 5) is 36.9. The number of aromatic nitrogens is 2. The number of nitrogens with zero attached hydrogens (tertiary/aromatic N) is 1. The number of carbonyl (C=O) groups excluding carboxylic acids is 1. The van der Waals surface area contributed by atoms with Crippen LogP contribution >= 0.6 is 8.18 Å². The molecular weight excluding hydrogens is 409 g/mol. The van der Waals surface area contributed by atoms with Gasteiger partial charge in [0, 0.05) is 12.3 Å². The molecule has 12 nitrogen and oxygen atoms in total. The quantitative estimate of drug-likeness (QED) is 0.299. The number of aliphatic hydroxyl groups excluding tert-OH is 1. The summed E-state index contributed by atoms with van der Waals surface area (Å²) < 4.78 is 28.5. The van der Waals surface area contributed by atoms with Gasteiger partial charge in [0.2, 0.25) is 0 Å². The van der Waals surface area contributed by atoms with Crippen LogP contribution in [0.2, 0.25) is 0 Å². The van der Waals surface area contributed by atoms with Crippen molar-refractivity contribution in [2.45, 2.75) is 63.9 Å². The van der Waals surface area contributed by atoms with Gasteiger partial charge in [0.15, 0.2) is 6.23 Å². The molecule has 1 aromatic rings. The Morgan fingerprint density at radius 1 is 1.45 bits per heavy atom. The fraction of sp³-hybridized carbons (Fsp3) is 0.688. The smallest absolute Gasteiger partial charge is 0.462 e. The van der Waals surface area contributed by atoms with Gasteiger partial charge < -0.3 is 19.7 Å². The van der Waals surface area contributed by atoms with Gasteiger partial charge in [0.05, 0.1) is 6.10 Å². The van der Waals surface area contributed by atoms with Crippen LogP contribution in [0.3, 0.4) is 0 Å². The maximum absolute atomic E-state index is 12.0. The Bertz CT molecular complexity index is 866. The molecule has 1 aliphatic heterocycles. The van der Waals surface area contributed by atoms with Crippen LogP contribution in [-0.4, -0.2) is 62.3 Å². The summed E-state index contributed by atoms with van der Waals surface area (Å²) in [7, 11) is -2.51. The molecule has 0 aliphatic carbocycles. The van der Waals surface area contributed by atoms with E-state index in [4.69, 9.17) is 14.0 Å². The average molecular weight is 434 g/mol. The van der Waals surface area contributed by atoms with E-state index in [9.17, 15) is 29.2 Å². The molecule has 1 fully saturated rings. The Balaban J connectivity index is 2.00. The van der Waals surface area contributed by atoms with E-state index in [-0.39, 0.29) is 6.10 Å². The molecule has 6 atom stereocenters. The van der Waals surface area contributed by atoms with Gasteiger partial charge in [-0.25, -0.2) is 4.79 Å². The molecule has 162 valence electrons. The van der Waals surface area contributed by atoms with Crippen molar-refractivity contribution in [2.24, 2.45) is 0 Å². The standard InChI is InChI=1S/C16H24N3O9P/c1-8(2)27-13(22)9(3)18-29(25)26-7-10-12(21)16(4,24)14(28-10)19-6-5-11(20)17-15(19)23/h5-6,8-10,12,14,21,24H,7H2,1-4H3,(H-,17,18,20,23,25)/p+1/t9-,10-,12-,14-,16-/m1/s1. The molecule has 1 aliphatic rings. The molecule has 1 aromatic heterocycles. The Morgan fingerprint density at radius 2 is 2.10 bits per heavy atom. The number of nitrogens with one attached hydrogen (secondary N) is 2. The largest absolute Gasteiger partial charge is 0.613 e. The molecule has 1 saturated heterocycles. The molecule has 0 spiro atoms. The van der Waals surface area contributed by atoms with Crippen molar-refractivity contribution in [1.82, 2.24) is 14.6 Å². The van der Waals surface area contributed by atoms with E-state index in [2.05, 4.69) is 5.09 Å². The lowest BCUT2D eigenvalue weighted by Crippen LogP contribution is -2.46. The fourth-order valence-electron chi connectivity index (χ4n) is 2.71. The van der Waals surface area contributed by atoms with Crippen LogP contribution in [0.15, 0.2) is 21.9 Å². The highest BCUT2D eigenvalue weighted by Crippen LogP contribution is 2.38. The maximum atomic E-state index is 12.0. The fourth-order valence-corrected chi connectivity index (χ4v) is 3.49. The zero-order valence-corrected chi connectivity index (χ0v) is 17.3. The van der Waals surface area contributed by atoms with E-state index in [1.165, 1.54) is 13.8 Å². The van der Waals surface area contributed by atoms with Crippen LogP contribution in [0.4, 0.5) is 0 Å². The number of hydrogen-bond acceptors (Lipinski definition) is 9. The van der Waals surface area contributed by atoms with Crippen molar-refractivity contribution in [1.29, 1.82) is 0 Å². The van der Waals surface area contributed by atoms with Crippen molar-refractivity contribution in [3.63, 3.8) is 0 Å². The molecule has 0 amide bonds. The first-order valence-corrected chi connectivity index (χ1v) is 10.1. The highest BCUT2D eigenvalue weighted by atomic mass is 31.1. The summed E-state index contributed by atoms with van der Waals surface area (Å²) >= 11 is 0. The molecular formula is C16H25N3O9P+. The van der Waals surface area contributed by atoms with Crippen molar-refractivity contribution in [3.05, 3.63) is 33.1 Å². The lowest BCUT2D eigenvalue weighted by atomic mass is 9.96. The van der Waals surface area contributed by atoms with E-state index >= 15 is 0 Å². The summed E-state index contributed by atoms with van der Waals surface area (Å²) in [6, 6.07) is 0.168. The van der Waals surface area contributed by atoms with E-state index in [1.807, 2.05) is 4.98 Å². The van der Waals surface area contributed by atoms with Gasteiger partial charge in [-0.15, -0.1) is 4.52 Å². The minimum absolute atomic E-state index is 0.330. The predicted molar refractivity (Wildman–Crippen MR) is 99.2 cm³/mol. The van der Waals surface area contributed by atoms with Crippen molar-refractivity contribution in [2.75, 3.05) is 6.61 Å². The topological polar surface area (TPSA) is 169 Å². The third-order valence-corrected chi connectivity index (χ3v) is 5.20. The lowest BCUT2D eigenvalue weighted by Gasteiger charge is -2.27. The molecule has 4 N–H and O–H groups in total. The molecule has 0 bridgehead atoms. The van der Waals surface area contributed by atoms with Crippen LogP contribution in [0.25, 0.3) is 0 Å². The van der Waals surface area contributed by atoms with Gasteiger partial charge in [0.1, 0.15) is 30.5 Å². The molecule has 0 radical (unpaired) electrons. The van der Waals surface area contributed by atoms with Crippen molar-refractivity contribution >= 4 is 14.1 Å². The molecule has 0 saturated carbocycles. The molecule has 13 heteroatoms. The SMILES string of the molecule is CC(C)OC(=O)[C@@H](C)N[P+](=O)OC[C@H]1O[C@@H](n2ccc(=O)[nH]c2=O)[C@](C)(O)[C@@H]1O. The number of H-pyrrole nitrogens is 1. The average Bonchev–Trinajstić information content (AvgIpc) is 2.82. The number of hydrogen-bond donors (Lipinski definition) is 4. The Kier molecular flexibility index (Phi) is 7.44. The minimum atomic E-state index is -2.51. The Morgan fingerprint density at radius 3 is 2.69 bits per heavy atom. The first kappa shape index (κ1) is 23.3. The zero-order valence-electron chi connectivity index (χ0n) is 16.4. The number of ether oxygens (including phenoxy) is 2. The number of rotatable bonds is 8. The van der Waals surface area contributed by atoms with E-state index in [1.54, 1.807) is 13.8 Å². The summed E-state index contributed by atoms with van der Waals surface area (Å²) in [5, 5.41) is 23.3. The number of carbonyl (C=O) groups is 1. The third-order valence-electron chi connectivity index (χ3n) is 4.22. The van der Waals surface area contributed by atoms with E-state index in [0.29, 0.717) is 0 Å². The molecule has 0 aromatic carbocycles. The number of aromatic amines is 1.